The normalized spacial score (nSPS) is 14.7. The van der Waals surface area contributed by atoms with Crippen LogP contribution in [0, 0.1) is 12.3 Å². The molecule has 0 radical (unpaired) electrons. The Morgan fingerprint density at radius 2 is 2.07 bits per heavy atom. The van der Waals surface area contributed by atoms with Crippen LogP contribution in [0.5, 0.6) is 0 Å². The Hall–Kier alpha value is -0.520. The van der Waals surface area contributed by atoms with E-state index in [2.05, 4.69) is 25.1 Å². The summed E-state index contributed by atoms with van der Waals surface area (Å²) in [6.45, 7) is 5.64. The third kappa shape index (κ3) is 6.01. The van der Waals surface area contributed by atoms with Crippen LogP contribution in [0.15, 0.2) is 0 Å². The zero-order valence-electron chi connectivity index (χ0n) is 9.60. The van der Waals surface area contributed by atoms with Crippen molar-refractivity contribution in [3.8, 4) is 12.3 Å². The van der Waals surface area contributed by atoms with Crippen molar-refractivity contribution in [3.63, 3.8) is 0 Å². The Morgan fingerprint density at radius 3 is 2.57 bits per heavy atom. The lowest BCUT2D eigenvalue weighted by molar-refractivity contribution is 0.341. The van der Waals surface area contributed by atoms with Gasteiger partial charge in [-0.1, -0.05) is 38.5 Å². The zero-order chi connectivity index (χ0) is 10.9. The molecule has 1 unspecified atom stereocenters. The molecule has 1 atom stereocenters. The van der Waals surface area contributed by atoms with Crippen LogP contribution in [-0.2, 0) is 0 Å². The number of hydrogen-bond acceptors (Lipinski definition) is 2. The van der Waals surface area contributed by atoms with E-state index in [1.165, 1.54) is 25.7 Å². The van der Waals surface area contributed by atoms with E-state index in [4.69, 9.17) is 12.2 Å². The van der Waals surface area contributed by atoms with Crippen LogP contribution in [0.2, 0.25) is 0 Å². The summed E-state index contributed by atoms with van der Waals surface area (Å²) in [6.07, 6.45) is 11.5. The van der Waals surface area contributed by atoms with Crippen LogP contribution < -0.4 is 11.1 Å². The summed E-state index contributed by atoms with van der Waals surface area (Å²) in [5.41, 5.74) is 5.76. The molecule has 14 heavy (non-hydrogen) atoms. The minimum absolute atomic E-state index is 0.0279. The molecule has 0 aliphatic carbocycles. The van der Waals surface area contributed by atoms with E-state index in [1.807, 2.05) is 0 Å². The lowest BCUT2D eigenvalue weighted by Crippen LogP contribution is -2.48. The van der Waals surface area contributed by atoms with Gasteiger partial charge in [-0.2, -0.15) is 0 Å². The Kier molecular flexibility index (Phi) is 7.55. The smallest absolute Gasteiger partial charge is 0.0578 e. The number of rotatable bonds is 8. The highest BCUT2D eigenvalue weighted by Crippen LogP contribution is 2.13. The molecule has 82 valence electrons. The molecule has 0 aromatic heterocycles. The monoisotopic (exact) mass is 196 g/mol. The fourth-order valence-corrected chi connectivity index (χ4v) is 1.47. The maximum atomic E-state index is 5.73. The number of terminal acetylenes is 1. The van der Waals surface area contributed by atoms with Crippen LogP contribution in [0.25, 0.3) is 0 Å². The van der Waals surface area contributed by atoms with Gasteiger partial charge < -0.3 is 5.73 Å². The standard InChI is InChI=1S/C12H24N2/c1-4-6-7-8-9-12(3,11-13)14-10-5-2/h2,14H,4,6-11,13H2,1,3H3. The highest BCUT2D eigenvalue weighted by atomic mass is 15.0. The van der Waals surface area contributed by atoms with Gasteiger partial charge in [-0.15, -0.1) is 6.42 Å². The van der Waals surface area contributed by atoms with Gasteiger partial charge in [-0.3, -0.25) is 5.32 Å². The summed E-state index contributed by atoms with van der Waals surface area (Å²) >= 11 is 0. The number of nitrogens with one attached hydrogen (secondary N) is 1. The topological polar surface area (TPSA) is 38.0 Å². The Morgan fingerprint density at radius 1 is 1.36 bits per heavy atom. The van der Waals surface area contributed by atoms with E-state index in [1.54, 1.807) is 0 Å². The summed E-state index contributed by atoms with van der Waals surface area (Å²) in [5.74, 6) is 2.59. The van der Waals surface area contributed by atoms with Gasteiger partial charge >= 0.3 is 0 Å². The molecular weight excluding hydrogens is 172 g/mol. The second kappa shape index (κ2) is 7.84. The summed E-state index contributed by atoms with van der Waals surface area (Å²) < 4.78 is 0. The van der Waals surface area contributed by atoms with Gasteiger partial charge in [0.05, 0.1) is 6.54 Å². The minimum atomic E-state index is 0.0279. The highest BCUT2D eigenvalue weighted by Gasteiger charge is 2.19. The first kappa shape index (κ1) is 13.5. The first-order chi connectivity index (χ1) is 6.68. The number of hydrogen-bond donors (Lipinski definition) is 2. The third-order valence-electron chi connectivity index (χ3n) is 2.65. The lowest BCUT2D eigenvalue weighted by atomic mass is 9.94. The van der Waals surface area contributed by atoms with Crippen molar-refractivity contribution in [2.24, 2.45) is 5.73 Å². The van der Waals surface area contributed by atoms with Crippen LogP contribution in [-0.4, -0.2) is 18.6 Å². The summed E-state index contributed by atoms with van der Waals surface area (Å²) in [4.78, 5) is 0. The molecule has 0 heterocycles. The fourth-order valence-electron chi connectivity index (χ4n) is 1.47. The van der Waals surface area contributed by atoms with E-state index in [-0.39, 0.29) is 5.54 Å². The van der Waals surface area contributed by atoms with Crippen molar-refractivity contribution in [2.75, 3.05) is 13.1 Å². The van der Waals surface area contributed by atoms with Crippen molar-refractivity contribution in [3.05, 3.63) is 0 Å². The highest BCUT2D eigenvalue weighted by molar-refractivity contribution is 4.93. The summed E-state index contributed by atoms with van der Waals surface area (Å²) in [5, 5.41) is 3.31. The molecule has 2 heteroatoms. The predicted molar refractivity (Wildman–Crippen MR) is 63.1 cm³/mol. The molecule has 2 nitrogen and oxygen atoms in total. The molecule has 0 aliphatic rings. The minimum Gasteiger partial charge on any atom is -0.329 e. The average molecular weight is 196 g/mol. The molecule has 0 aromatic rings. The first-order valence-electron chi connectivity index (χ1n) is 5.57. The SMILES string of the molecule is C#CCNC(C)(CN)CCCCCC. The van der Waals surface area contributed by atoms with Crippen LogP contribution >= 0.6 is 0 Å². The molecular formula is C12H24N2. The quantitative estimate of drug-likeness (QED) is 0.459. The van der Waals surface area contributed by atoms with Gasteiger partial charge in [0.1, 0.15) is 0 Å². The summed E-state index contributed by atoms with van der Waals surface area (Å²) in [6, 6.07) is 0. The average Bonchev–Trinajstić information content (AvgIpc) is 2.22. The van der Waals surface area contributed by atoms with Gasteiger partial charge in [0.2, 0.25) is 0 Å². The van der Waals surface area contributed by atoms with Crippen molar-refractivity contribution >= 4 is 0 Å². The molecule has 0 amide bonds. The maximum Gasteiger partial charge on any atom is 0.0578 e. The molecule has 0 spiro atoms. The van der Waals surface area contributed by atoms with Crippen LogP contribution in [0.1, 0.15) is 46.0 Å². The Bertz CT molecular complexity index is 172. The van der Waals surface area contributed by atoms with E-state index >= 15 is 0 Å². The van der Waals surface area contributed by atoms with Crippen molar-refractivity contribution in [1.82, 2.24) is 5.32 Å². The molecule has 0 bridgehead atoms. The Labute approximate surface area is 88.6 Å². The molecule has 0 aliphatic heterocycles. The number of nitrogens with two attached hydrogens (primary N) is 1. The second-order valence-corrected chi connectivity index (χ2v) is 4.13. The predicted octanol–water partition coefficient (Wildman–Crippen LogP) is 1.90. The lowest BCUT2D eigenvalue weighted by Gasteiger charge is -2.28. The van der Waals surface area contributed by atoms with Gasteiger partial charge in [0.25, 0.3) is 0 Å². The maximum absolute atomic E-state index is 5.73. The van der Waals surface area contributed by atoms with Crippen LogP contribution in [0.3, 0.4) is 0 Å². The van der Waals surface area contributed by atoms with Crippen molar-refractivity contribution < 1.29 is 0 Å². The molecule has 0 saturated carbocycles. The second-order valence-electron chi connectivity index (χ2n) is 4.13. The molecule has 0 rings (SSSR count). The fraction of sp³-hybridized carbons (Fsp3) is 0.833. The summed E-state index contributed by atoms with van der Waals surface area (Å²) in [7, 11) is 0. The molecule has 0 saturated heterocycles. The largest absolute Gasteiger partial charge is 0.329 e. The van der Waals surface area contributed by atoms with E-state index in [0.29, 0.717) is 13.1 Å². The third-order valence-corrected chi connectivity index (χ3v) is 2.65. The first-order valence-corrected chi connectivity index (χ1v) is 5.57. The Balaban J connectivity index is 3.70. The van der Waals surface area contributed by atoms with Crippen molar-refractivity contribution in [2.45, 2.75) is 51.5 Å². The van der Waals surface area contributed by atoms with E-state index in [0.717, 1.165) is 6.42 Å². The van der Waals surface area contributed by atoms with E-state index in [9.17, 15) is 0 Å². The van der Waals surface area contributed by atoms with Gasteiger partial charge in [0.15, 0.2) is 0 Å². The van der Waals surface area contributed by atoms with Crippen LogP contribution in [0.4, 0.5) is 0 Å². The zero-order valence-corrected chi connectivity index (χ0v) is 9.60. The van der Waals surface area contributed by atoms with Gasteiger partial charge in [-0.25, -0.2) is 0 Å². The van der Waals surface area contributed by atoms with Gasteiger partial charge in [0, 0.05) is 12.1 Å². The van der Waals surface area contributed by atoms with Crippen molar-refractivity contribution in [1.29, 1.82) is 0 Å². The molecule has 0 aromatic carbocycles. The number of unbranched alkanes of at least 4 members (excludes halogenated alkanes) is 3. The molecule has 0 fully saturated rings. The molecule has 3 N–H and O–H groups in total. The van der Waals surface area contributed by atoms with Gasteiger partial charge in [-0.05, 0) is 13.3 Å². The van der Waals surface area contributed by atoms with E-state index < -0.39 is 0 Å².